The van der Waals surface area contributed by atoms with Gasteiger partial charge in [-0.1, -0.05) is 32.0 Å². The number of carbonyl (C=O) groups excluding carboxylic acids is 1. The van der Waals surface area contributed by atoms with E-state index in [0.29, 0.717) is 17.0 Å². The van der Waals surface area contributed by atoms with Gasteiger partial charge in [0.15, 0.2) is 5.65 Å². The van der Waals surface area contributed by atoms with Gasteiger partial charge in [-0.25, -0.2) is 9.67 Å². The summed E-state index contributed by atoms with van der Waals surface area (Å²) >= 11 is 0. The van der Waals surface area contributed by atoms with Crippen molar-refractivity contribution in [1.82, 2.24) is 24.6 Å². The van der Waals surface area contributed by atoms with E-state index in [1.54, 1.807) is 4.68 Å². The third-order valence-electron chi connectivity index (χ3n) is 4.45. The first-order chi connectivity index (χ1) is 13.0. The highest BCUT2D eigenvalue weighted by Crippen LogP contribution is 2.13. The molecule has 0 aliphatic rings. The van der Waals surface area contributed by atoms with Crippen LogP contribution in [0.1, 0.15) is 33.6 Å². The monoisotopic (exact) mass is 367 g/mol. The van der Waals surface area contributed by atoms with E-state index in [2.05, 4.69) is 29.2 Å². The second-order valence-corrected chi connectivity index (χ2v) is 7.25. The maximum Gasteiger partial charge on any atom is 0.264 e. The van der Waals surface area contributed by atoms with Crippen molar-refractivity contribution < 1.29 is 4.79 Å². The third-order valence-corrected chi connectivity index (χ3v) is 4.45. The van der Waals surface area contributed by atoms with Crippen LogP contribution in [0.3, 0.4) is 0 Å². The van der Waals surface area contributed by atoms with Crippen molar-refractivity contribution in [2.24, 2.45) is 5.92 Å². The summed E-state index contributed by atoms with van der Waals surface area (Å²) in [5, 5.41) is 7.61. The molecule has 142 valence electrons. The molecule has 2 heterocycles. The minimum Gasteiger partial charge on any atom is -0.352 e. The fourth-order valence-corrected chi connectivity index (χ4v) is 2.95. The zero-order chi connectivity index (χ0) is 19.4. The van der Waals surface area contributed by atoms with Gasteiger partial charge in [0.2, 0.25) is 5.91 Å². The van der Waals surface area contributed by atoms with E-state index in [-0.39, 0.29) is 24.1 Å². The zero-order valence-electron chi connectivity index (χ0n) is 15.9. The van der Waals surface area contributed by atoms with Gasteiger partial charge in [0.25, 0.3) is 5.56 Å². The number of hydrogen-bond donors (Lipinski definition) is 1. The van der Waals surface area contributed by atoms with Gasteiger partial charge in [-0.3, -0.25) is 14.2 Å². The normalized spacial score (nSPS) is 12.4. The van der Waals surface area contributed by atoms with Crippen molar-refractivity contribution in [3.63, 3.8) is 0 Å². The summed E-state index contributed by atoms with van der Waals surface area (Å²) in [5.41, 5.74) is 1.04. The molecule has 0 radical (unpaired) electrons. The first-order valence-corrected chi connectivity index (χ1v) is 9.23. The molecule has 0 spiro atoms. The Hall–Kier alpha value is -2.96. The Labute approximate surface area is 158 Å². The highest BCUT2D eigenvalue weighted by Gasteiger charge is 2.14. The molecule has 0 aliphatic carbocycles. The predicted molar refractivity (Wildman–Crippen MR) is 105 cm³/mol. The predicted octanol–water partition coefficient (Wildman–Crippen LogP) is 2.52. The fraction of sp³-hybridized carbons (Fsp3) is 0.400. The smallest absolute Gasteiger partial charge is 0.264 e. The second kappa shape index (κ2) is 8.16. The number of benzene rings is 1. The van der Waals surface area contributed by atoms with Crippen LogP contribution in [0.25, 0.3) is 16.7 Å². The Kier molecular flexibility index (Phi) is 5.69. The molecule has 0 bridgehead atoms. The standard InChI is InChI=1S/C20H25N5O2/c1-14(2)9-10-15(3)23-18(26)12-24-13-21-19-17(20(24)27)11-22-25(19)16-7-5-4-6-8-16/h4-8,11,13-15H,9-10,12H2,1-3H3,(H,23,26)/t15-/m1/s1. The highest BCUT2D eigenvalue weighted by atomic mass is 16.2. The largest absolute Gasteiger partial charge is 0.352 e. The summed E-state index contributed by atoms with van der Waals surface area (Å²) in [5.74, 6) is 0.407. The topological polar surface area (TPSA) is 81.8 Å². The second-order valence-electron chi connectivity index (χ2n) is 7.25. The van der Waals surface area contributed by atoms with Crippen LogP contribution >= 0.6 is 0 Å². The van der Waals surface area contributed by atoms with Crippen LogP contribution < -0.4 is 10.9 Å². The number of fused-ring (bicyclic) bond motifs is 1. The van der Waals surface area contributed by atoms with Gasteiger partial charge in [-0.2, -0.15) is 5.10 Å². The van der Waals surface area contributed by atoms with Crippen molar-refractivity contribution in [2.45, 2.75) is 46.2 Å². The van der Waals surface area contributed by atoms with E-state index in [9.17, 15) is 9.59 Å². The van der Waals surface area contributed by atoms with E-state index >= 15 is 0 Å². The Bertz CT molecular complexity index is 975. The van der Waals surface area contributed by atoms with Gasteiger partial charge in [0.1, 0.15) is 18.3 Å². The summed E-state index contributed by atoms with van der Waals surface area (Å²) in [6, 6.07) is 9.57. The summed E-state index contributed by atoms with van der Waals surface area (Å²) in [4.78, 5) is 29.3. The highest BCUT2D eigenvalue weighted by molar-refractivity contribution is 5.78. The van der Waals surface area contributed by atoms with E-state index in [0.717, 1.165) is 18.5 Å². The Morgan fingerprint density at radius 2 is 1.89 bits per heavy atom. The number of aromatic nitrogens is 4. The number of rotatable bonds is 7. The zero-order valence-corrected chi connectivity index (χ0v) is 15.9. The molecule has 0 unspecified atom stereocenters. The lowest BCUT2D eigenvalue weighted by Crippen LogP contribution is -2.37. The number of carbonyl (C=O) groups is 1. The van der Waals surface area contributed by atoms with Crippen molar-refractivity contribution >= 4 is 16.9 Å². The molecule has 0 fully saturated rings. The number of para-hydroxylation sites is 1. The third kappa shape index (κ3) is 4.42. The molecule has 1 amide bonds. The first-order valence-electron chi connectivity index (χ1n) is 9.23. The quantitative estimate of drug-likeness (QED) is 0.696. The summed E-state index contributed by atoms with van der Waals surface area (Å²) in [7, 11) is 0. The fourth-order valence-electron chi connectivity index (χ4n) is 2.95. The minimum atomic E-state index is -0.271. The van der Waals surface area contributed by atoms with Crippen LogP contribution in [0.4, 0.5) is 0 Å². The molecule has 7 nitrogen and oxygen atoms in total. The van der Waals surface area contributed by atoms with Gasteiger partial charge < -0.3 is 5.32 Å². The number of amides is 1. The number of hydrogen-bond acceptors (Lipinski definition) is 4. The average Bonchev–Trinajstić information content (AvgIpc) is 3.08. The van der Waals surface area contributed by atoms with Gasteiger partial charge in [-0.15, -0.1) is 0 Å². The van der Waals surface area contributed by atoms with E-state index in [4.69, 9.17) is 0 Å². The van der Waals surface area contributed by atoms with Crippen molar-refractivity contribution in [3.8, 4) is 5.69 Å². The van der Waals surface area contributed by atoms with E-state index < -0.39 is 0 Å². The molecule has 7 heteroatoms. The van der Waals surface area contributed by atoms with Gasteiger partial charge in [0.05, 0.1) is 11.9 Å². The lowest BCUT2D eigenvalue weighted by molar-refractivity contribution is -0.122. The van der Waals surface area contributed by atoms with Crippen LogP contribution in [0.2, 0.25) is 0 Å². The lowest BCUT2D eigenvalue weighted by Gasteiger charge is -2.15. The van der Waals surface area contributed by atoms with Crippen LogP contribution in [-0.2, 0) is 11.3 Å². The summed E-state index contributed by atoms with van der Waals surface area (Å²) in [6.45, 7) is 6.24. The number of nitrogens with zero attached hydrogens (tertiary/aromatic N) is 4. The van der Waals surface area contributed by atoms with Crippen molar-refractivity contribution in [3.05, 3.63) is 53.2 Å². The molecule has 27 heavy (non-hydrogen) atoms. The van der Waals surface area contributed by atoms with Gasteiger partial charge in [0, 0.05) is 6.04 Å². The molecule has 1 aromatic carbocycles. The Balaban J connectivity index is 1.76. The molecule has 0 saturated carbocycles. The van der Waals surface area contributed by atoms with Crippen LogP contribution in [-0.4, -0.2) is 31.3 Å². The van der Waals surface area contributed by atoms with E-state index in [1.807, 2.05) is 37.3 Å². The lowest BCUT2D eigenvalue weighted by atomic mass is 10.0. The van der Waals surface area contributed by atoms with Crippen LogP contribution in [0.5, 0.6) is 0 Å². The summed E-state index contributed by atoms with van der Waals surface area (Å²) < 4.78 is 2.94. The SMILES string of the molecule is CC(C)CC[C@@H](C)NC(=O)Cn1cnc2c(cnn2-c2ccccc2)c1=O. The molecular formula is C20H25N5O2. The Morgan fingerprint density at radius 3 is 2.59 bits per heavy atom. The molecule has 1 N–H and O–H groups in total. The van der Waals surface area contributed by atoms with Gasteiger partial charge >= 0.3 is 0 Å². The number of nitrogens with one attached hydrogen (secondary N) is 1. The molecule has 1 atom stereocenters. The molecule has 3 rings (SSSR count). The van der Waals surface area contributed by atoms with Crippen molar-refractivity contribution in [1.29, 1.82) is 0 Å². The Morgan fingerprint density at radius 1 is 1.15 bits per heavy atom. The minimum absolute atomic E-state index is 0.0513. The first kappa shape index (κ1) is 18.8. The average molecular weight is 367 g/mol. The van der Waals surface area contributed by atoms with Crippen LogP contribution in [0, 0.1) is 5.92 Å². The van der Waals surface area contributed by atoms with Crippen LogP contribution in [0.15, 0.2) is 47.7 Å². The molecule has 0 aliphatic heterocycles. The molecule has 3 aromatic rings. The molecule has 0 saturated heterocycles. The molecule has 2 aromatic heterocycles. The molecular weight excluding hydrogens is 342 g/mol. The van der Waals surface area contributed by atoms with E-state index in [1.165, 1.54) is 17.1 Å². The van der Waals surface area contributed by atoms with Crippen molar-refractivity contribution in [2.75, 3.05) is 0 Å². The van der Waals surface area contributed by atoms with Gasteiger partial charge in [-0.05, 0) is 37.8 Å². The summed E-state index contributed by atoms with van der Waals surface area (Å²) in [6.07, 6.45) is 4.87. The maximum atomic E-state index is 12.7. The maximum absolute atomic E-state index is 12.7.